The van der Waals surface area contributed by atoms with Crippen molar-refractivity contribution in [2.24, 2.45) is 0 Å². The van der Waals surface area contributed by atoms with Gasteiger partial charge in [-0.1, -0.05) is 29.5 Å². The van der Waals surface area contributed by atoms with E-state index in [4.69, 9.17) is 0 Å². The van der Waals surface area contributed by atoms with E-state index in [0.717, 1.165) is 11.0 Å². The van der Waals surface area contributed by atoms with Gasteiger partial charge < -0.3 is 5.32 Å². The van der Waals surface area contributed by atoms with Crippen LogP contribution in [-0.4, -0.2) is 19.9 Å². The summed E-state index contributed by atoms with van der Waals surface area (Å²) >= 11 is 0. The molecule has 0 unspecified atom stereocenters. The van der Waals surface area contributed by atoms with E-state index < -0.39 is 4.92 Å². The zero-order valence-electron chi connectivity index (χ0n) is 10.4. The van der Waals surface area contributed by atoms with Gasteiger partial charge in [0.15, 0.2) is 0 Å². The van der Waals surface area contributed by atoms with Gasteiger partial charge in [0.05, 0.1) is 10.4 Å². The van der Waals surface area contributed by atoms with Crippen molar-refractivity contribution in [1.29, 1.82) is 0 Å². The van der Waals surface area contributed by atoms with Crippen LogP contribution in [0.4, 0.5) is 11.4 Å². The number of nitrogens with zero attached hydrogens (tertiary/aromatic N) is 4. The predicted molar refractivity (Wildman–Crippen MR) is 74.2 cm³/mol. The second-order valence-electron chi connectivity index (χ2n) is 4.19. The highest BCUT2D eigenvalue weighted by atomic mass is 16.6. The van der Waals surface area contributed by atoms with Crippen LogP contribution in [0.25, 0.3) is 11.0 Å². The Labute approximate surface area is 114 Å². The van der Waals surface area contributed by atoms with Crippen LogP contribution in [0.2, 0.25) is 0 Å². The van der Waals surface area contributed by atoms with Crippen LogP contribution in [0, 0.1) is 10.1 Å². The van der Waals surface area contributed by atoms with Crippen LogP contribution in [-0.2, 0) is 6.67 Å². The summed E-state index contributed by atoms with van der Waals surface area (Å²) in [5.74, 6) is 0. The van der Waals surface area contributed by atoms with Crippen molar-refractivity contribution in [3.63, 3.8) is 0 Å². The summed E-state index contributed by atoms with van der Waals surface area (Å²) in [5.41, 5.74) is 2.16. The van der Waals surface area contributed by atoms with Gasteiger partial charge >= 0.3 is 0 Å². The van der Waals surface area contributed by atoms with Crippen molar-refractivity contribution in [3.05, 3.63) is 58.6 Å². The first kappa shape index (κ1) is 12.1. The normalized spacial score (nSPS) is 10.6. The van der Waals surface area contributed by atoms with E-state index in [0.29, 0.717) is 12.4 Å². The summed E-state index contributed by atoms with van der Waals surface area (Å²) in [6.45, 7) is 0.311. The van der Waals surface area contributed by atoms with E-state index in [1.165, 1.54) is 6.07 Å². The molecule has 0 amide bonds. The Morgan fingerprint density at radius 3 is 2.75 bits per heavy atom. The van der Waals surface area contributed by atoms with Gasteiger partial charge in [0, 0.05) is 6.07 Å². The highest BCUT2D eigenvalue weighted by Gasteiger charge is 2.12. The van der Waals surface area contributed by atoms with Crippen LogP contribution in [0.3, 0.4) is 0 Å². The highest BCUT2D eigenvalue weighted by molar-refractivity contribution is 5.74. The molecule has 0 saturated heterocycles. The molecule has 0 saturated carbocycles. The molecule has 1 aromatic heterocycles. The van der Waals surface area contributed by atoms with E-state index in [-0.39, 0.29) is 5.69 Å². The molecule has 0 aliphatic heterocycles. The lowest BCUT2D eigenvalue weighted by Gasteiger charge is -2.07. The first-order chi connectivity index (χ1) is 9.75. The van der Waals surface area contributed by atoms with E-state index in [2.05, 4.69) is 15.6 Å². The average molecular weight is 269 g/mol. The minimum Gasteiger partial charge on any atom is -0.361 e. The maximum atomic E-state index is 10.9. The second kappa shape index (κ2) is 4.96. The summed E-state index contributed by atoms with van der Waals surface area (Å²) in [5, 5.41) is 22.0. The third-order valence-corrected chi connectivity index (χ3v) is 2.94. The van der Waals surface area contributed by atoms with Gasteiger partial charge in [-0.3, -0.25) is 10.1 Å². The molecule has 7 heteroatoms. The maximum absolute atomic E-state index is 10.9. The molecule has 7 nitrogen and oxygen atoms in total. The van der Waals surface area contributed by atoms with Crippen LogP contribution in [0.1, 0.15) is 0 Å². The Hall–Kier alpha value is -2.96. The minimum absolute atomic E-state index is 0.0388. The zero-order valence-corrected chi connectivity index (χ0v) is 10.4. The zero-order chi connectivity index (χ0) is 13.9. The fourth-order valence-electron chi connectivity index (χ4n) is 1.98. The van der Waals surface area contributed by atoms with Crippen LogP contribution in [0.5, 0.6) is 0 Å². The predicted octanol–water partition coefficient (Wildman–Crippen LogP) is 2.41. The quantitative estimate of drug-likeness (QED) is 0.580. The molecular weight excluding hydrogens is 258 g/mol. The molecule has 0 aliphatic rings. The number of aromatic nitrogens is 3. The lowest BCUT2D eigenvalue weighted by Crippen LogP contribution is -2.10. The molecular formula is C13H11N5O2. The Morgan fingerprint density at radius 1 is 1.15 bits per heavy atom. The fourth-order valence-corrected chi connectivity index (χ4v) is 1.98. The minimum atomic E-state index is -0.415. The monoisotopic (exact) mass is 269 g/mol. The molecule has 0 spiro atoms. The van der Waals surface area contributed by atoms with Crippen molar-refractivity contribution >= 4 is 22.4 Å². The molecule has 0 atom stereocenters. The van der Waals surface area contributed by atoms with Gasteiger partial charge in [-0.25, -0.2) is 4.68 Å². The van der Waals surface area contributed by atoms with Gasteiger partial charge in [0.1, 0.15) is 17.9 Å². The summed E-state index contributed by atoms with van der Waals surface area (Å²) in [4.78, 5) is 10.5. The van der Waals surface area contributed by atoms with Crippen molar-refractivity contribution in [1.82, 2.24) is 15.0 Å². The first-order valence-corrected chi connectivity index (χ1v) is 6.01. The standard InChI is InChI=1S/C13H11N5O2/c19-18(20)13-8-4-1-5-10(13)14-9-17-12-7-3-2-6-11(12)15-16-17/h1-8,14H,9H2. The lowest BCUT2D eigenvalue weighted by atomic mass is 10.3. The Balaban J connectivity index is 1.85. The average Bonchev–Trinajstić information content (AvgIpc) is 2.88. The van der Waals surface area contributed by atoms with Gasteiger partial charge in [-0.05, 0) is 18.2 Å². The number of nitrogens with one attached hydrogen (secondary N) is 1. The molecule has 0 radical (unpaired) electrons. The number of hydrogen-bond donors (Lipinski definition) is 1. The van der Waals surface area contributed by atoms with Gasteiger partial charge in [0.25, 0.3) is 5.69 Å². The van der Waals surface area contributed by atoms with E-state index in [1.807, 2.05) is 24.3 Å². The third-order valence-electron chi connectivity index (χ3n) is 2.94. The molecule has 2 aromatic carbocycles. The van der Waals surface area contributed by atoms with E-state index in [9.17, 15) is 10.1 Å². The SMILES string of the molecule is O=[N+]([O-])c1ccccc1NCn1nnc2ccccc21. The molecule has 0 aliphatic carbocycles. The number of hydrogen-bond acceptors (Lipinski definition) is 5. The molecule has 20 heavy (non-hydrogen) atoms. The summed E-state index contributed by atoms with van der Waals surface area (Å²) in [6, 6.07) is 14.0. The third kappa shape index (κ3) is 2.16. The maximum Gasteiger partial charge on any atom is 0.292 e. The van der Waals surface area contributed by atoms with E-state index in [1.54, 1.807) is 22.9 Å². The number of anilines is 1. The van der Waals surface area contributed by atoms with Crippen LogP contribution < -0.4 is 5.32 Å². The number of nitro groups is 1. The summed E-state index contributed by atoms with van der Waals surface area (Å²) in [7, 11) is 0. The Morgan fingerprint density at radius 2 is 1.90 bits per heavy atom. The number of benzene rings is 2. The number of rotatable bonds is 4. The summed E-state index contributed by atoms with van der Waals surface area (Å²) < 4.78 is 1.66. The molecule has 1 heterocycles. The molecule has 0 bridgehead atoms. The van der Waals surface area contributed by atoms with Gasteiger partial charge in [0.2, 0.25) is 0 Å². The van der Waals surface area contributed by atoms with E-state index >= 15 is 0 Å². The fraction of sp³-hybridized carbons (Fsp3) is 0.0769. The van der Waals surface area contributed by atoms with Crippen molar-refractivity contribution in [3.8, 4) is 0 Å². The molecule has 3 aromatic rings. The Kier molecular flexibility index (Phi) is 3.00. The molecule has 100 valence electrons. The molecule has 0 fully saturated rings. The van der Waals surface area contributed by atoms with Gasteiger partial charge in [-0.15, -0.1) is 5.10 Å². The second-order valence-corrected chi connectivity index (χ2v) is 4.19. The van der Waals surface area contributed by atoms with Crippen LogP contribution >= 0.6 is 0 Å². The van der Waals surface area contributed by atoms with Crippen molar-refractivity contribution in [2.45, 2.75) is 6.67 Å². The topological polar surface area (TPSA) is 85.9 Å². The Bertz CT molecular complexity index is 768. The van der Waals surface area contributed by atoms with Gasteiger partial charge in [-0.2, -0.15) is 0 Å². The number of fused-ring (bicyclic) bond motifs is 1. The smallest absolute Gasteiger partial charge is 0.292 e. The molecule has 1 N–H and O–H groups in total. The highest BCUT2D eigenvalue weighted by Crippen LogP contribution is 2.23. The van der Waals surface area contributed by atoms with Crippen LogP contribution in [0.15, 0.2) is 48.5 Å². The summed E-state index contributed by atoms with van der Waals surface area (Å²) in [6.07, 6.45) is 0. The van der Waals surface area contributed by atoms with Crippen molar-refractivity contribution in [2.75, 3.05) is 5.32 Å². The van der Waals surface area contributed by atoms with Crippen molar-refractivity contribution < 1.29 is 4.92 Å². The lowest BCUT2D eigenvalue weighted by molar-refractivity contribution is -0.384. The first-order valence-electron chi connectivity index (χ1n) is 6.01. The largest absolute Gasteiger partial charge is 0.361 e. The number of para-hydroxylation sites is 3. The molecule has 3 rings (SSSR count). The number of nitro benzene ring substituents is 1.